The Hall–Kier alpha value is -1.27. The Morgan fingerprint density at radius 2 is 1.93 bits per heavy atom. The van der Waals surface area contributed by atoms with E-state index in [4.69, 9.17) is 9.47 Å². The van der Waals surface area contributed by atoms with Crippen molar-refractivity contribution in [1.82, 2.24) is 15.5 Å². The predicted molar refractivity (Wildman–Crippen MR) is 116 cm³/mol. The first-order valence-electron chi connectivity index (χ1n) is 8.89. The highest BCUT2D eigenvalue weighted by atomic mass is 127. The Kier molecular flexibility index (Phi) is 8.42. The van der Waals surface area contributed by atoms with E-state index in [9.17, 15) is 8.42 Å². The highest BCUT2D eigenvalue weighted by Crippen LogP contribution is 2.32. The van der Waals surface area contributed by atoms with Crippen LogP contribution in [0.4, 0.5) is 0 Å². The van der Waals surface area contributed by atoms with Crippen molar-refractivity contribution in [3.8, 4) is 11.5 Å². The smallest absolute Gasteiger partial charge is 0.231 e. The van der Waals surface area contributed by atoms with Crippen LogP contribution in [-0.2, 0) is 16.4 Å². The van der Waals surface area contributed by atoms with Crippen LogP contribution in [0.15, 0.2) is 23.2 Å². The summed E-state index contributed by atoms with van der Waals surface area (Å²) in [5.41, 5.74) is 1.05. The van der Waals surface area contributed by atoms with E-state index in [1.54, 1.807) is 0 Å². The predicted octanol–water partition coefficient (Wildman–Crippen LogP) is 0.819. The third-order valence-corrected chi connectivity index (χ3v) is 5.97. The number of halogens is 1. The average Bonchev–Trinajstić information content (AvgIpc) is 3.09. The van der Waals surface area contributed by atoms with Gasteiger partial charge >= 0.3 is 0 Å². The van der Waals surface area contributed by atoms with Gasteiger partial charge in [-0.2, -0.15) is 0 Å². The maximum Gasteiger partial charge on any atom is 0.231 e. The standard InChI is InChI=1S/C17H26N4O4S.HI/c1-2-18-17(19-5-6-21-7-9-26(22,23)10-8-21)20-12-14-3-4-15-16(11-14)25-13-24-15;/h3-4,11H,2,5-10,12-13H2,1H3,(H2,18,19,20);1H. The van der Waals surface area contributed by atoms with Crippen molar-refractivity contribution in [2.75, 3.05) is 51.0 Å². The lowest BCUT2D eigenvalue weighted by molar-refractivity contribution is 0.174. The van der Waals surface area contributed by atoms with Crippen LogP contribution in [0.2, 0.25) is 0 Å². The van der Waals surface area contributed by atoms with Crippen LogP contribution >= 0.6 is 24.0 Å². The molecule has 0 saturated carbocycles. The van der Waals surface area contributed by atoms with Crippen molar-refractivity contribution in [3.05, 3.63) is 23.8 Å². The fourth-order valence-electron chi connectivity index (χ4n) is 2.86. The van der Waals surface area contributed by atoms with Crippen molar-refractivity contribution < 1.29 is 17.9 Å². The number of nitrogens with one attached hydrogen (secondary N) is 2. The third kappa shape index (κ3) is 6.68. The first-order valence-corrected chi connectivity index (χ1v) is 10.7. The van der Waals surface area contributed by atoms with Crippen LogP contribution in [0.3, 0.4) is 0 Å². The van der Waals surface area contributed by atoms with Crippen LogP contribution in [0.25, 0.3) is 0 Å². The molecule has 1 aromatic carbocycles. The Morgan fingerprint density at radius 1 is 1.19 bits per heavy atom. The minimum absolute atomic E-state index is 0. The molecule has 152 valence electrons. The molecule has 1 fully saturated rings. The Labute approximate surface area is 177 Å². The second kappa shape index (κ2) is 10.3. The molecule has 0 aliphatic carbocycles. The van der Waals surface area contributed by atoms with E-state index in [0.29, 0.717) is 26.2 Å². The molecular weight excluding hydrogens is 483 g/mol. The average molecular weight is 510 g/mol. The number of hydrogen-bond acceptors (Lipinski definition) is 6. The molecular formula is C17H27IN4O4S. The fraction of sp³-hybridized carbons (Fsp3) is 0.588. The van der Waals surface area contributed by atoms with Gasteiger partial charge in [0.2, 0.25) is 6.79 Å². The molecule has 10 heteroatoms. The summed E-state index contributed by atoms with van der Waals surface area (Å²) in [6, 6.07) is 5.83. The Balaban J connectivity index is 0.00000261. The third-order valence-electron chi connectivity index (χ3n) is 4.36. The highest BCUT2D eigenvalue weighted by Gasteiger charge is 2.21. The van der Waals surface area contributed by atoms with Gasteiger partial charge in [-0.1, -0.05) is 6.07 Å². The quantitative estimate of drug-likeness (QED) is 0.333. The van der Waals surface area contributed by atoms with E-state index in [-0.39, 0.29) is 42.3 Å². The van der Waals surface area contributed by atoms with E-state index in [1.807, 2.05) is 25.1 Å². The van der Waals surface area contributed by atoms with Gasteiger partial charge in [0, 0.05) is 32.7 Å². The molecule has 2 aliphatic heterocycles. The van der Waals surface area contributed by atoms with Crippen molar-refractivity contribution in [3.63, 3.8) is 0 Å². The van der Waals surface area contributed by atoms with Crippen LogP contribution < -0.4 is 20.1 Å². The normalized spacial score (nSPS) is 18.6. The molecule has 0 aromatic heterocycles. The van der Waals surface area contributed by atoms with Crippen LogP contribution in [0.1, 0.15) is 12.5 Å². The maximum absolute atomic E-state index is 11.5. The van der Waals surface area contributed by atoms with Gasteiger partial charge in [0.15, 0.2) is 27.3 Å². The Morgan fingerprint density at radius 3 is 2.67 bits per heavy atom. The molecule has 0 bridgehead atoms. The van der Waals surface area contributed by atoms with E-state index < -0.39 is 9.84 Å². The van der Waals surface area contributed by atoms with E-state index in [1.165, 1.54) is 0 Å². The van der Waals surface area contributed by atoms with Gasteiger partial charge in [0.1, 0.15) is 0 Å². The number of ether oxygens (including phenoxy) is 2. The first kappa shape index (κ1) is 22.0. The van der Waals surface area contributed by atoms with Crippen molar-refractivity contribution in [2.24, 2.45) is 4.99 Å². The van der Waals surface area contributed by atoms with Gasteiger partial charge in [-0.25, -0.2) is 13.4 Å². The molecule has 8 nitrogen and oxygen atoms in total. The van der Waals surface area contributed by atoms with Gasteiger partial charge < -0.3 is 20.1 Å². The number of benzene rings is 1. The van der Waals surface area contributed by atoms with E-state index in [2.05, 4.69) is 20.5 Å². The highest BCUT2D eigenvalue weighted by molar-refractivity contribution is 14.0. The molecule has 0 spiro atoms. The fourth-order valence-corrected chi connectivity index (χ4v) is 4.13. The molecule has 0 unspecified atom stereocenters. The van der Waals surface area contributed by atoms with E-state index >= 15 is 0 Å². The summed E-state index contributed by atoms with van der Waals surface area (Å²) in [5.74, 6) is 2.79. The van der Waals surface area contributed by atoms with Gasteiger partial charge in [0.05, 0.1) is 18.1 Å². The number of rotatable bonds is 6. The lowest BCUT2D eigenvalue weighted by atomic mass is 10.2. The van der Waals surface area contributed by atoms with Crippen LogP contribution in [0, 0.1) is 0 Å². The number of hydrogen-bond donors (Lipinski definition) is 2. The zero-order valence-corrected chi connectivity index (χ0v) is 18.6. The number of guanidine groups is 1. The molecule has 0 amide bonds. The van der Waals surface area contributed by atoms with E-state index in [0.717, 1.165) is 36.1 Å². The van der Waals surface area contributed by atoms with Gasteiger partial charge in [-0.05, 0) is 24.6 Å². The largest absolute Gasteiger partial charge is 0.454 e. The molecule has 27 heavy (non-hydrogen) atoms. The summed E-state index contributed by atoms with van der Waals surface area (Å²) in [5, 5.41) is 6.53. The number of aliphatic imine (C=N–C) groups is 1. The second-order valence-corrected chi connectivity index (χ2v) is 8.61. The molecule has 2 heterocycles. The lowest BCUT2D eigenvalue weighted by Gasteiger charge is -2.26. The summed E-state index contributed by atoms with van der Waals surface area (Å²) in [4.78, 5) is 6.76. The molecule has 2 N–H and O–H groups in total. The summed E-state index contributed by atoms with van der Waals surface area (Å²) in [7, 11) is -2.83. The minimum atomic E-state index is -2.83. The summed E-state index contributed by atoms with van der Waals surface area (Å²) < 4.78 is 33.6. The Bertz CT molecular complexity index is 743. The molecule has 1 aromatic rings. The number of nitrogens with zero attached hydrogens (tertiary/aromatic N) is 2. The molecule has 1 saturated heterocycles. The van der Waals surface area contributed by atoms with Gasteiger partial charge in [-0.15, -0.1) is 24.0 Å². The van der Waals surface area contributed by atoms with Crippen LogP contribution in [0.5, 0.6) is 11.5 Å². The maximum atomic E-state index is 11.5. The van der Waals surface area contributed by atoms with Crippen LogP contribution in [-0.4, -0.2) is 70.3 Å². The van der Waals surface area contributed by atoms with Crippen molar-refractivity contribution >= 4 is 39.8 Å². The zero-order chi connectivity index (χ0) is 18.4. The molecule has 0 radical (unpaired) electrons. The van der Waals surface area contributed by atoms with Gasteiger partial charge in [0.25, 0.3) is 0 Å². The molecule has 2 aliphatic rings. The van der Waals surface area contributed by atoms with Gasteiger partial charge in [-0.3, -0.25) is 4.90 Å². The minimum Gasteiger partial charge on any atom is -0.454 e. The lowest BCUT2D eigenvalue weighted by Crippen LogP contribution is -2.45. The number of sulfone groups is 1. The second-order valence-electron chi connectivity index (χ2n) is 6.30. The SMILES string of the molecule is CCNC(=NCc1ccc2c(c1)OCO2)NCCN1CCS(=O)(=O)CC1.I. The van der Waals surface area contributed by atoms with Crippen molar-refractivity contribution in [1.29, 1.82) is 0 Å². The first-order chi connectivity index (χ1) is 12.6. The number of fused-ring (bicyclic) bond motifs is 1. The molecule has 0 atom stereocenters. The molecule has 3 rings (SSSR count). The summed E-state index contributed by atoms with van der Waals surface area (Å²) >= 11 is 0. The monoisotopic (exact) mass is 510 g/mol. The zero-order valence-electron chi connectivity index (χ0n) is 15.4. The topological polar surface area (TPSA) is 92.3 Å². The summed E-state index contributed by atoms with van der Waals surface area (Å²) in [6.07, 6.45) is 0. The summed E-state index contributed by atoms with van der Waals surface area (Å²) in [6.45, 7) is 6.32. The van der Waals surface area contributed by atoms with Crippen molar-refractivity contribution in [2.45, 2.75) is 13.5 Å².